The summed E-state index contributed by atoms with van der Waals surface area (Å²) in [6.07, 6.45) is -1.55. The van der Waals surface area contributed by atoms with Gasteiger partial charge < -0.3 is 25.4 Å². The van der Waals surface area contributed by atoms with Crippen molar-refractivity contribution in [2.24, 2.45) is 11.1 Å². The Bertz CT molecular complexity index is 806. The first kappa shape index (κ1) is 25.5. The van der Waals surface area contributed by atoms with Crippen LogP contribution in [-0.2, 0) is 16.1 Å². The van der Waals surface area contributed by atoms with E-state index in [0.717, 1.165) is 5.56 Å². The molecule has 1 aliphatic heterocycles. The molecule has 1 atom stereocenters. The van der Waals surface area contributed by atoms with E-state index in [-0.39, 0.29) is 25.7 Å². The van der Waals surface area contributed by atoms with Crippen LogP contribution < -0.4 is 5.73 Å². The minimum atomic E-state index is -0.990. The van der Waals surface area contributed by atoms with E-state index in [1.807, 2.05) is 30.3 Å². The van der Waals surface area contributed by atoms with Crippen molar-refractivity contribution in [1.29, 1.82) is 0 Å². The van der Waals surface area contributed by atoms with Gasteiger partial charge in [0.2, 0.25) is 5.91 Å². The van der Waals surface area contributed by atoms with E-state index in [0.29, 0.717) is 19.6 Å². The summed E-state index contributed by atoms with van der Waals surface area (Å²) in [5, 5.41) is 9.53. The van der Waals surface area contributed by atoms with E-state index in [2.05, 4.69) is 4.90 Å². The number of carbonyl (C=O) groups is 3. The van der Waals surface area contributed by atoms with E-state index >= 15 is 0 Å². The number of hydrogen-bond acceptors (Lipinski definition) is 5. The molecule has 1 aromatic carbocycles. The van der Waals surface area contributed by atoms with Gasteiger partial charge in [-0.25, -0.2) is 9.59 Å². The Labute approximate surface area is 190 Å². The largest absolute Gasteiger partial charge is 0.465 e. The Hall–Kier alpha value is -2.81. The van der Waals surface area contributed by atoms with Crippen molar-refractivity contribution in [3.8, 4) is 0 Å². The molecule has 178 valence electrons. The van der Waals surface area contributed by atoms with Crippen LogP contribution in [0.15, 0.2) is 30.3 Å². The van der Waals surface area contributed by atoms with Crippen molar-refractivity contribution in [2.45, 2.75) is 52.8 Å². The number of ether oxygens (including phenoxy) is 1. The van der Waals surface area contributed by atoms with E-state index in [4.69, 9.17) is 10.5 Å². The zero-order valence-electron chi connectivity index (χ0n) is 19.7. The van der Waals surface area contributed by atoms with Gasteiger partial charge in [0.25, 0.3) is 0 Å². The fourth-order valence-electron chi connectivity index (χ4n) is 3.61. The van der Waals surface area contributed by atoms with Crippen molar-refractivity contribution in [3.05, 3.63) is 35.9 Å². The van der Waals surface area contributed by atoms with Crippen LogP contribution in [0.25, 0.3) is 0 Å². The Morgan fingerprint density at radius 1 is 1.12 bits per heavy atom. The molecule has 3 N–H and O–H groups in total. The van der Waals surface area contributed by atoms with Crippen molar-refractivity contribution in [2.75, 3.05) is 32.7 Å². The van der Waals surface area contributed by atoms with Crippen LogP contribution >= 0.6 is 0 Å². The Morgan fingerprint density at radius 2 is 1.75 bits per heavy atom. The predicted octanol–water partition coefficient (Wildman–Crippen LogP) is 2.60. The van der Waals surface area contributed by atoms with Gasteiger partial charge in [0.05, 0.1) is 5.41 Å². The number of nitrogens with zero attached hydrogens (tertiary/aromatic N) is 3. The van der Waals surface area contributed by atoms with E-state index < -0.39 is 29.1 Å². The van der Waals surface area contributed by atoms with Crippen LogP contribution in [0.4, 0.5) is 9.59 Å². The molecule has 0 aliphatic carbocycles. The number of rotatable bonds is 7. The lowest BCUT2D eigenvalue weighted by atomic mass is 9.92. The van der Waals surface area contributed by atoms with Gasteiger partial charge in [0.15, 0.2) is 0 Å². The summed E-state index contributed by atoms with van der Waals surface area (Å²) in [5.41, 5.74) is 4.97. The third-order valence-corrected chi connectivity index (χ3v) is 5.44. The Morgan fingerprint density at radius 3 is 2.28 bits per heavy atom. The minimum absolute atomic E-state index is 0.0694. The number of carboxylic acid groups (broad SMARTS) is 1. The predicted molar refractivity (Wildman–Crippen MR) is 121 cm³/mol. The molecule has 2 rings (SSSR count). The number of hydrogen-bond donors (Lipinski definition) is 2. The maximum Gasteiger partial charge on any atom is 0.410 e. The van der Waals surface area contributed by atoms with Crippen LogP contribution in [0.1, 0.15) is 40.2 Å². The maximum atomic E-state index is 13.0. The molecule has 1 unspecified atom stereocenters. The topological polar surface area (TPSA) is 116 Å². The molecule has 32 heavy (non-hydrogen) atoms. The summed E-state index contributed by atoms with van der Waals surface area (Å²) in [5.74, 6) is -0.525. The van der Waals surface area contributed by atoms with Gasteiger partial charge in [0, 0.05) is 45.3 Å². The summed E-state index contributed by atoms with van der Waals surface area (Å²) < 4.78 is 5.58. The molecule has 3 amide bonds. The highest BCUT2D eigenvalue weighted by molar-refractivity contribution is 5.81. The molecule has 1 aromatic rings. The highest BCUT2D eigenvalue weighted by Gasteiger charge is 2.37. The molecular formula is C23H36N4O5. The number of piperazine rings is 1. The molecule has 0 aromatic heterocycles. The van der Waals surface area contributed by atoms with E-state index in [9.17, 15) is 19.5 Å². The number of carbonyl (C=O) groups excluding carboxylic acids is 2. The first-order valence-corrected chi connectivity index (χ1v) is 10.8. The van der Waals surface area contributed by atoms with Gasteiger partial charge >= 0.3 is 12.2 Å². The van der Waals surface area contributed by atoms with Gasteiger partial charge in [-0.2, -0.15) is 0 Å². The zero-order valence-corrected chi connectivity index (χ0v) is 19.7. The number of primary amides is 1. The highest BCUT2D eigenvalue weighted by atomic mass is 16.6. The van der Waals surface area contributed by atoms with E-state index in [1.54, 1.807) is 34.6 Å². The average Bonchev–Trinajstić information content (AvgIpc) is 2.67. The summed E-state index contributed by atoms with van der Waals surface area (Å²) in [7, 11) is 0. The summed E-state index contributed by atoms with van der Waals surface area (Å²) >= 11 is 0. The van der Waals surface area contributed by atoms with Gasteiger partial charge in [-0.05, 0) is 40.2 Å². The lowest BCUT2D eigenvalue weighted by molar-refractivity contribution is -0.127. The molecule has 9 heteroatoms. The lowest BCUT2D eigenvalue weighted by Gasteiger charge is -2.43. The molecule has 1 heterocycles. The SMILES string of the molecule is CC(C)(C)OC(=O)N(CC1CN(C(=O)O)CCN1Cc1ccccc1)CC(C)(C)C(N)=O. The Balaban J connectivity index is 2.29. The third kappa shape index (κ3) is 7.40. The van der Waals surface area contributed by atoms with Crippen molar-refractivity contribution < 1.29 is 24.2 Å². The van der Waals surface area contributed by atoms with Crippen LogP contribution in [0.2, 0.25) is 0 Å². The summed E-state index contributed by atoms with van der Waals surface area (Å²) in [6.45, 7) is 10.8. The molecule has 1 aliphatic rings. The van der Waals surface area contributed by atoms with Crippen LogP contribution in [0.3, 0.4) is 0 Å². The van der Waals surface area contributed by atoms with Gasteiger partial charge in [-0.1, -0.05) is 30.3 Å². The van der Waals surface area contributed by atoms with Gasteiger partial charge in [0.1, 0.15) is 5.60 Å². The maximum absolute atomic E-state index is 13.0. The first-order chi connectivity index (χ1) is 14.8. The zero-order chi connectivity index (χ0) is 24.1. The van der Waals surface area contributed by atoms with Crippen molar-refractivity contribution in [1.82, 2.24) is 14.7 Å². The summed E-state index contributed by atoms with van der Waals surface area (Å²) in [4.78, 5) is 41.6. The Kier molecular flexibility index (Phi) is 8.12. The number of amides is 3. The van der Waals surface area contributed by atoms with Gasteiger partial charge in [-0.15, -0.1) is 0 Å². The smallest absolute Gasteiger partial charge is 0.410 e. The molecule has 0 spiro atoms. The molecule has 0 saturated carbocycles. The fraction of sp³-hybridized carbons (Fsp3) is 0.609. The summed E-state index contributed by atoms with van der Waals surface area (Å²) in [6, 6.07) is 9.63. The second kappa shape index (κ2) is 10.2. The van der Waals surface area contributed by atoms with Crippen LogP contribution in [0, 0.1) is 5.41 Å². The number of benzene rings is 1. The number of nitrogens with two attached hydrogens (primary N) is 1. The van der Waals surface area contributed by atoms with Crippen molar-refractivity contribution >= 4 is 18.1 Å². The normalized spacial score (nSPS) is 17.7. The average molecular weight is 449 g/mol. The molecule has 0 radical (unpaired) electrons. The second-order valence-electron chi connectivity index (χ2n) is 9.95. The van der Waals surface area contributed by atoms with Crippen LogP contribution in [-0.4, -0.2) is 82.3 Å². The fourth-order valence-corrected chi connectivity index (χ4v) is 3.61. The second-order valence-corrected chi connectivity index (χ2v) is 9.95. The molecule has 1 saturated heterocycles. The standard InChI is InChI=1S/C23H36N4O5/c1-22(2,3)32-21(31)27(16-23(4,5)19(24)28)15-18-14-26(20(29)30)12-11-25(18)13-17-9-7-6-8-10-17/h6-10,18H,11-16H2,1-5H3,(H2,24,28)(H,29,30). The lowest BCUT2D eigenvalue weighted by Crippen LogP contribution is -2.59. The van der Waals surface area contributed by atoms with Crippen LogP contribution in [0.5, 0.6) is 0 Å². The minimum Gasteiger partial charge on any atom is -0.465 e. The molecular weight excluding hydrogens is 412 g/mol. The third-order valence-electron chi connectivity index (χ3n) is 5.44. The van der Waals surface area contributed by atoms with E-state index in [1.165, 1.54) is 9.80 Å². The highest BCUT2D eigenvalue weighted by Crippen LogP contribution is 2.22. The van der Waals surface area contributed by atoms with Gasteiger partial charge in [-0.3, -0.25) is 9.69 Å². The quantitative estimate of drug-likeness (QED) is 0.662. The molecule has 0 bridgehead atoms. The molecule has 9 nitrogen and oxygen atoms in total. The monoisotopic (exact) mass is 448 g/mol. The molecule has 1 fully saturated rings. The first-order valence-electron chi connectivity index (χ1n) is 10.8. The van der Waals surface area contributed by atoms with Crippen molar-refractivity contribution in [3.63, 3.8) is 0 Å².